The molecule has 0 spiro atoms. The highest BCUT2D eigenvalue weighted by Gasteiger charge is 2.52. The van der Waals surface area contributed by atoms with Crippen LogP contribution in [0.3, 0.4) is 0 Å². The van der Waals surface area contributed by atoms with Gasteiger partial charge < -0.3 is 5.32 Å². The van der Waals surface area contributed by atoms with Crippen LogP contribution in [0.1, 0.15) is 43.6 Å². The molecule has 0 amide bonds. The first-order valence-corrected chi connectivity index (χ1v) is 8.51. The molecule has 1 N–H and O–H groups in total. The van der Waals surface area contributed by atoms with Crippen LogP contribution in [0, 0.1) is 11.8 Å². The van der Waals surface area contributed by atoms with E-state index in [0.29, 0.717) is 6.04 Å². The maximum Gasteiger partial charge on any atom is 0.0489 e. The van der Waals surface area contributed by atoms with E-state index < -0.39 is 0 Å². The second kappa shape index (κ2) is 4.24. The van der Waals surface area contributed by atoms with Crippen LogP contribution in [0.15, 0.2) is 24.3 Å². The molecule has 3 aliphatic heterocycles. The summed E-state index contributed by atoms with van der Waals surface area (Å²) in [6.45, 7) is 2.71. The summed E-state index contributed by atoms with van der Waals surface area (Å²) in [7, 11) is 0. The van der Waals surface area contributed by atoms with Gasteiger partial charge in [-0.2, -0.15) is 0 Å². The molecule has 4 aliphatic rings. The molecule has 2 saturated heterocycles. The van der Waals surface area contributed by atoms with E-state index in [1.165, 1.54) is 50.9 Å². The van der Waals surface area contributed by atoms with Crippen molar-refractivity contribution in [3.8, 4) is 0 Å². The first-order chi connectivity index (χ1) is 9.92. The zero-order valence-electron chi connectivity index (χ0n) is 12.1. The van der Waals surface area contributed by atoms with Crippen LogP contribution in [0.5, 0.6) is 0 Å². The third-order valence-corrected chi connectivity index (χ3v) is 6.51. The molecule has 3 heterocycles. The Hall–Kier alpha value is -1.02. The van der Waals surface area contributed by atoms with Crippen LogP contribution in [0.25, 0.3) is 0 Å². The summed E-state index contributed by atoms with van der Waals surface area (Å²) in [6.07, 6.45) is 7.26. The lowest BCUT2D eigenvalue weighted by Crippen LogP contribution is -2.51. The molecule has 2 heteroatoms. The SMILES string of the molecule is c1ccc2c(c1)N[C@H]1[C@@H]3[C@H]4CCCC[C@H]4CN3CC[C@@H]21. The van der Waals surface area contributed by atoms with E-state index in [4.69, 9.17) is 0 Å². The number of hydrogen-bond donors (Lipinski definition) is 1. The molecule has 1 saturated carbocycles. The first kappa shape index (κ1) is 11.6. The predicted molar refractivity (Wildman–Crippen MR) is 82.0 cm³/mol. The van der Waals surface area contributed by atoms with Gasteiger partial charge in [-0.05, 0) is 49.3 Å². The molecule has 106 valence electrons. The van der Waals surface area contributed by atoms with Gasteiger partial charge in [-0.3, -0.25) is 4.90 Å². The molecule has 1 aromatic rings. The van der Waals surface area contributed by atoms with Gasteiger partial charge in [-0.1, -0.05) is 31.0 Å². The molecule has 5 atom stereocenters. The molecule has 20 heavy (non-hydrogen) atoms. The van der Waals surface area contributed by atoms with Crippen molar-refractivity contribution in [1.29, 1.82) is 0 Å². The minimum Gasteiger partial charge on any atom is -0.380 e. The molecule has 2 nitrogen and oxygen atoms in total. The summed E-state index contributed by atoms with van der Waals surface area (Å²) >= 11 is 0. The number of fused-ring (bicyclic) bond motifs is 7. The molecular formula is C18H24N2. The molecule has 0 aromatic heterocycles. The Morgan fingerprint density at radius 2 is 1.95 bits per heavy atom. The van der Waals surface area contributed by atoms with Gasteiger partial charge >= 0.3 is 0 Å². The highest BCUT2D eigenvalue weighted by atomic mass is 15.2. The normalized spacial score (nSPS) is 42.3. The monoisotopic (exact) mass is 268 g/mol. The second-order valence-electron chi connectivity index (χ2n) is 7.35. The highest BCUT2D eigenvalue weighted by molar-refractivity contribution is 5.60. The Balaban J connectivity index is 1.51. The van der Waals surface area contributed by atoms with Crippen LogP contribution in [-0.4, -0.2) is 30.1 Å². The van der Waals surface area contributed by atoms with E-state index >= 15 is 0 Å². The summed E-state index contributed by atoms with van der Waals surface area (Å²) < 4.78 is 0. The summed E-state index contributed by atoms with van der Waals surface area (Å²) in [5.41, 5.74) is 3.01. The Bertz CT molecular complexity index is 526. The first-order valence-electron chi connectivity index (χ1n) is 8.51. The Morgan fingerprint density at radius 1 is 1.05 bits per heavy atom. The van der Waals surface area contributed by atoms with Crippen molar-refractivity contribution >= 4 is 5.69 Å². The largest absolute Gasteiger partial charge is 0.380 e. The van der Waals surface area contributed by atoms with Crippen LogP contribution < -0.4 is 5.32 Å². The number of benzene rings is 1. The average Bonchev–Trinajstić information content (AvgIpc) is 3.04. The lowest BCUT2D eigenvalue weighted by Gasteiger charge is -2.42. The Kier molecular flexibility index (Phi) is 2.46. The second-order valence-corrected chi connectivity index (χ2v) is 7.35. The molecule has 1 aliphatic carbocycles. The molecule has 0 radical (unpaired) electrons. The third-order valence-electron chi connectivity index (χ3n) is 6.51. The van der Waals surface area contributed by atoms with Gasteiger partial charge in [0.05, 0.1) is 0 Å². The fourth-order valence-electron chi connectivity index (χ4n) is 5.73. The quantitative estimate of drug-likeness (QED) is 0.775. The minimum atomic E-state index is 0.689. The predicted octanol–water partition coefficient (Wildman–Crippen LogP) is 3.46. The lowest BCUT2D eigenvalue weighted by atomic mass is 9.73. The van der Waals surface area contributed by atoms with Gasteiger partial charge in [0.25, 0.3) is 0 Å². The maximum absolute atomic E-state index is 3.90. The number of para-hydroxylation sites is 1. The van der Waals surface area contributed by atoms with Gasteiger partial charge in [0.1, 0.15) is 0 Å². The zero-order chi connectivity index (χ0) is 13.1. The molecule has 0 bridgehead atoms. The fourth-order valence-corrected chi connectivity index (χ4v) is 5.73. The van der Waals surface area contributed by atoms with Gasteiger partial charge in [0.15, 0.2) is 0 Å². The average molecular weight is 268 g/mol. The van der Waals surface area contributed by atoms with Gasteiger partial charge in [0.2, 0.25) is 0 Å². The summed E-state index contributed by atoms with van der Waals surface area (Å²) in [5, 5.41) is 3.90. The summed E-state index contributed by atoms with van der Waals surface area (Å²) in [4.78, 5) is 2.83. The van der Waals surface area contributed by atoms with Crippen molar-refractivity contribution < 1.29 is 0 Å². The Labute approximate surface area is 121 Å². The zero-order valence-corrected chi connectivity index (χ0v) is 12.1. The van der Waals surface area contributed by atoms with Gasteiger partial charge in [-0.25, -0.2) is 0 Å². The van der Waals surface area contributed by atoms with E-state index in [0.717, 1.165) is 23.8 Å². The molecule has 5 rings (SSSR count). The number of nitrogens with zero attached hydrogens (tertiary/aromatic N) is 1. The topological polar surface area (TPSA) is 15.3 Å². The molecule has 0 unspecified atom stereocenters. The lowest BCUT2D eigenvalue weighted by molar-refractivity contribution is 0.138. The van der Waals surface area contributed by atoms with E-state index in [-0.39, 0.29) is 0 Å². The van der Waals surface area contributed by atoms with E-state index in [9.17, 15) is 0 Å². The number of hydrogen-bond acceptors (Lipinski definition) is 2. The fraction of sp³-hybridized carbons (Fsp3) is 0.667. The molecule has 1 aromatic carbocycles. The number of rotatable bonds is 0. The Morgan fingerprint density at radius 3 is 2.95 bits per heavy atom. The van der Waals surface area contributed by atoms with Crippen molar-refractivity contribution in [2.24, 2.45) is 11.8 Å². The number of anilines is 1. The van der Waals surface area contributed by atoms with Gasteiger partial charge in [0, 0.05) is 30.2 Å². The molecule has 3 fully saturated rings. The number of piperidine rings is 1. The van der Waals surface area contributed by atoms with E-state index in [2.05, 4.69) is 34.5 Å². The van der Waals surface area contributed by atoms with Crippen molar-refractivity contribution in [2.75, 3.05) is 18.4 Å². The third kappa shape index (κ3) is 1.49. The van der Waals surface area contributed by atoms with Crippen molar-refractivity contribution in [3.05, 3.63) is 29.8 Å². The van der Waals surface area contributed by atoms with Crippen LogP contribution in [-0.2, 0) is 0 Å². The summed E-state index contributed by atoms with van der Waals surface area (Å²) in [6, 6.07) is 10.5. The van der Waals surface area contributed by atoms with Crippen LogP contribution in [0.2, 0.25) is 0 Å². The van der Waals surface area contributed by atoms with Gasteiger partial charge in [-0.15, -0.1) is 0 Å². The van der Waals surface area contributed by atoms with Crippen LogP contribution >= 0.6 is 0 Å². The summed E-state index contributed by atoms with van der Waals surface area (Å²) in [5.74, 6) is 2.74. The highest BCUT2D eigenvalue weighted by Crippen LogP contribution is 2.50. The van der Waals surface area contributed by atoms with Crippen LogP contribution in [0.4, 0.5) is 5.69 Å². The maximum atomic E-state index is 3.90. The van der Waals surface area contributed by atoms with Crippen molar-refractivity contribution in [2.45, 2.75) is 50.1 Å². The smallest absolute Gasteiger partial charge is 0.0489 e. The molecular weight excluding hydrogens is 244 g/mol. The minimum absolute atomic E-state index is 0.689. The standard InChI is InChI=1S/C18H24N2/c1-2-6-13-12(5-1)11-20-10-9-15-14-7-3-4-8-16(14)19-17(15)18(13)20/h3-4,7-8,12-13,15,17-19H,1-2,5-6,9-11H2/t12-,13-,15-,17+,18-/m0/s1. The number of nitrogens with one attached hydrogen (secondary N) is 1. The van der Waals surface area contributed by atoms with Crippen molar-refractivity contribution in [1.82, 2.24) is 4.90 Å². The van der Waals surface area contributed by atoms with E-state index in [1.54, 1.807) is 5.56 Å². The van der Waals surface area contributed by atoms with Crippen molar-refractivity contribution in [3.63, 3.8) is 0 Å². The van der Waals surface area contributed by atoms with E-state index in [1.807, 2.05) is 0 Å².